The zero-order valence-electron chi connectivity index (χ0n) is 7.38. The number of ether oxygens (including phenoxy) is 1. The molecule has 0 bridgehead atoms. The lowest BCUT2D eigenvalue weighted by atomic mass is 9.67. The molecule has 2 N–H and O–H groups in total. The van der Waals surface area contributed by atoms with E-state index in [9.17, 15) is 4.79 Å². The van der Waals surface area contributed by atoms with Crippen LogP contribution in [0, 0.1) is 5.92 Å². The number of rotatable bonds is 3. The van der Waals surface area contributed by atoms with E-state index in [1.165, 1.54) is 0 Å². The molecular formula is C9H15NO2. The first-order valence-electron chi connectivity index (χ1n) is 4.23. The van der Waals surface area contributed by atoms with Gasteiger partial charge in [0.25, 0.3) is 0 Å². The molecule has 3 heteroatoms. The van der Waals surface area contributed by atoms with Crippen molar-refractivity contribution in [3.05, 3.63) is 12.7 Å². The second kappa shape index (κ2) is 3.27. The first kappa shape index (κ1) is 9.26. The molecule has 0 aromatic carbocycles. The molecule has 1 rings (SSSR count). The predicted octanol–water partition coefficient (Wildman–Crippen LogP) is 0.843. The van der Waals surface area contributed by atoms with Gasteiger partial charge in [0.1, 0.15) is 5.54 Å². The smallest absolute Gasteiger partial charge is 0.326 e. The summed E-state index contributed by atoms with van der Waals surface area (Å²) in [5.74, 6) is -0.197. The maximum atomic E-state index is 11.3. The fourth-order valence-corrected chi connectivity index (χ4v) is 1.47. The Morgan fingerprint density at radius 1 is 1.92 bits per heavy atom. The normalized spacial score (nSPS) is 33.7. The van der Waals surface area contributed by atoms with Crippen LogP contribution in [0.25, 0.3) is 0 Å². The molecule has 0 spiro atoms. The predicted molar refractivity (Wildman–Crippen MR) is 46.5 cm³/mol. The molecule has 0 aliphatic heterocycles. The molecule has 0 radical (unpaired) electrons. The van der Waals surface area contributed by atoms with Crippen LogP contribution in [0.15, 0.2) is 12.7 Å². The van der Waals surface area contributed by atoms with Gasteiger partial charge in [-0.2, -0.15) is 0 Å². The minimum absolute atomic E-state index is 0.0940. The summed E-state index contributed by atoms with van der Waals surface area (Å²) in [4.78, 5) is 11.3. The lowest BCUT2D eigenvalue weighted by Gasteiger charge is -2.42. The van der Waals surface area contributed by atoms with E-state index in [1.807, 2.05) is 0 Å². The van der Waals surface area contributed by atoms with Crippen molar-refractivity contribution in [2.75, 3.05) is 6.61 Å². The largest absolute Gasteiger partial charge is 0.465 e. The van der Waals surface area contributed by atoms with Gasteiger partial charge in [-0.05, 0) is 19.8 Å². The Bertz CT molecular complexity index is 203. The molecule has 2 atom stereocenters. The molecule has 0 aromatic rings. The number of carbonyl (C=O) groups excluding carboxylic acids is 1. The first-order chi connectivity index (χ1) is 5.65. The lowest BCUT2D eigenvalue weighted by Crippen LogP contribution is -2.60. The Labute approximate surface area is 72.6 Å². The van der Waals surface area contributed by atoms with E-state index in [-0.39, 0.29) is 11.9 Å². The summed E-state index contributed by atoms with van der Waals surface area (Å²) in [5, 5.41) is 0. The van der Waals surface area contributed by atoms with Crippen molar-refractivity contribution in [1.82, 2.24) is 0 Å². The van der Waals surface area contributed by atoms with Crippen LogP contribution in [-0.4, -0.2) is 18.1 Å². The molecule has 1 aliphatic carbocycles. The van der Waals surface area contributed by atoms with E-state index < -0.39 is 5.54 Å². The summed E-state index contributed by atoms with van der Waals surface area (Å²) in [7, 11) is 0. The van der Waals surface area contributed by atoms with Crippen molar-refractivity contribution >= 4 is 5.97 Å². The zero-order valence-corrected chi connectivity index (χ0v) is 7.38. The summed E-state index contributed by atoms with van der Waals surface area (Å²) < 4.78 is 4.87. The molecule has 12 heavy (non-hydrogen) atoms. The maximum Gasteiger partial charge on any atom is 0.326 e. The average molecular weight is 169 g/mol. The van der Waals surface area contributed by atoms with Crippen molar-refractivity contribution in [3.63, 3.8) is 0 Å². The van der Waals surface area contributed by atoms with Gasteiger partial charge in [0.15, 0.2) is 0 Å². The lowest BCUT2D eigenvalue weighted by molar-refractivity contribution is -0.155. The summed E-state index contributed by atoms with van der Waals surface area (Å²) in [6.07, 6.45) is 3.39. The summed E-state index contributed by atoms with van der Waals surface area (Å²) in [6, 6.07) is 0. The van der Waals surface area contributed by atoms with E-state index in [4.69, 9.17) is 10.5 Å². The first-order valence-corrected chi connectivity index (χ1v) is 4.23. The van der Waals surface area contributed by atoms with Gasteiger partial charge >= 0.3 is 5.97 Å². The van der Waals surface area contributed by atoms with Gasteiger partial charge in [0.05, 0.1) is 6.61 Å². The molecule has 3 nitrogen and oxygen atoms in total. The molecule has 1 aliphatic rings. The number of hydrogen-bond donors (Lipinski definition) is 1. The van der Waals surface area contributed by atoms with E-state index in [1.54, 1.807) is 13.0 Å². The maximum absolute atomic E-state index is 11.3. The minimum atomic E-state index is -0.780. The molecular weight excluding hydrogens is 154 g/mol. The molecule has 0 unspecified atom stereocenters. The second-order valence-corrected chi connectivity index (χ2v) is 3.14. The highest BCUT2D eigenvalue weighted by molar-refractivity contribution is 5.82. The van der Waals surface area contributed by atoms with Crippen molar-refractivity contribution in [2.45, 2.75) is 25.3 Å². The van der Waals surface area contributed by atoms with Crippen LogP contribution in [0.1, 0.15) is 19.8 Å². The minimum Gasteiger partial charge on any atom is -0.465 e. The van der Waals surface area contributed by atoms with Crippen LogP contribution >= 0.6 is 0 Å². The highest BCUT2D eigenvalue weighted by Gasteiger charge is 2.49. The summed E-state index contributed by atoms with van der Waals surface area (Å²) in [5.41, 5.74) is 5.06. The van der Waals surface area contributed by atoms with Gasteiger partial charge < -0.3 is 10.5 Å². The SMILES string of the molecule is C=C[C@@H]1CC[C@]1(N)C(=O)OCC. The summed E-state index contributed by atoms with van der Waals surface area (Å²) >= 11 is 0. The van der Waals surface area contributed by atoms with E-state index in [0.717, 1.165) is 6.42 Å². The fourth-order valence-electron chi connectivity index (χ4n) is 1.47. The third kappa shape index (κ3) is 1.25. The van der Waals surface area contributed by atoms with Crippen molar-refractivity contribution in [2.24, 2.45) is 11.7 Å². The van der Waals surface area contributed by atoms with Crippen LogP contribution in [0.2, 0.25) is 0 Å². The molecule has 1 fully saturated rings. The Balaban J connectivity index is 2.59. The molecule has 0 amide bonds. The molecule has 1 saturated carbocycles. The highest BCUT2D eigenvalue weighted by Crippen LogP contribution is 2.37. The average Bonchev–Trinajstić information content (AvgIpc) is 2.02. The van der Waals surface area contributed by atoms with Gasteiger partial charge in [-0.15, -0.1) is 6.58 Å². The van der Waals surface area contributed by atoms with Crippen LogP contribution in [-0.2, 0) is 9.53 Å². The van der Waals surface area contributed by atoms with Crippen LogP contribution in [0.3, 0.4) is 0 Å². The fraction of sp³-hybridized carbons (Fsp3) is 0.667. The van der Waals surface area contributed by atoms with Gasteiger partial charge in [-0.25, -0.2) is 0 Å². The van der Waals surface area contributed by atoms with Gasteiger partial charge in [-0.3, -0.25) is 4.79 Å². The zero-order chi connectivity index (χ0) is 9.19. The van der Waals surface area contributed by atoms with Crippen LogP contribution < -0.4 is 5.73 Å². The van der Waals surface area contributed by atoms with Crippen LogP contribution in [0.4, 0.5) is 0 Å². The third-order valence-electron chi connectivity index (χ3n) is 2.47. The molecule has 0 heterocycles. The molecule has 68 valence electrons. The Kier molecular flexibility index (Phi) is 2.52. The number of carbonyl (C=O) groups is 1. The monoisotopic (exact) mass is 169 g/mol. The third-order valence-corrected chi connectivity index (χ3v) is 2.47. The number of hydrogen-bond acceptors (Lipinski definition) is 3. The Hall–Kier alpha value is -0.830. The van der Waals surface area contributed by atoms with Crippen molar-refractivity contribution < 1.29 is 9.53 Å². The molecule has 0 aromatic heterocycles. The number of nitrogens with two attached hydrogens (primary N) is 1. The molecule has 0 saturated heterocycles. The van der Waals surface area contributed by atoms with E-state index >= 15 is 0 Å². The van der Waals surface area contributed by atoms with Gasteiger partial charge in [0, 0.05) is 5.92 Å². The van der Waals surface area contributed by atoms with Gasteiger partial charge in [-0.1, -0.05) is 6.08 Å². The topological polar surface area (TPSA) is 52.3 Å². The Morgan fingerprint density at radius 2 is 2.58 bits per heavy atom. The number of esters is 1. The van der Waals surface area contributed by atoms with E-state index in [2.05, 4.69) is 6.58 Å². The van der Waals surface area contributed by atoms with E-state index in [0.29, 0.717) is 13.0 Å². The highest BCUT2D eigenvalue weighted by atomic mass is 16.5. The standard InChI is InChI=1S/C9H15NO2/c1-3-7-5-6-9(7,10)8(11)12-4-2/h3,7H,1,4-6,10H2,2H3/t7-,9-/m1/s1. The Morgan fingerprint density at radius 3 is 2.92 bits per heavy atom. The summed E-state index contributed by atoms with van der Waals surface area (Å²) in [6.45, 7) is 5.80. The van der Waals surface area contributed by atoms with Crippen LogP contribution in [0.5, 0.6) is 0 Å². The van der Waals surface area contributed by atoms with Crippen molar-refractivity contribution in [3.8, 4) is 0 Å². The second-order valence-electron chi connectivity index (χ2n) is 3.14. The van der Waals surface area contributed by atoms with Gasteiger partial charge in [0.2, 0.25) is 0 Å². The quantitative estimate of drug-likeness (QED) is 0.503. The van der Waals surface area contributed by atoms with Crippen molar-refractivity contribution in [1.29, 1.82) is 0 Å².